The average molecular weight is 257 g/mol. The molecule has 0 aliphatic carbocycles. The summed E-state index contributed by atoms with van der Waals surface area (Å²) in [4.78, 5) is 2.35. The highest BCUT2D eigenvalue weighted by Gasteiger charge is 2.19. The summed E-state index contributed by atoms with van der Waals surface area (Å²) in [6.45, 7) is 3.62. The number of likely N-dealkylation sites (tertiary alicyclic amines) is 1. The summed E-state index contributed by atoms with van der Waals surface area (Å²) in [5.74, 6) is 0.306. The van der Waals surface area contributed by atoms with E-state index >= 15 is 0 Å². The molecule has 4 heteroatoms. The van der Waals surface area contributed by atoms with Gasteiger partial charge in [-0.3, -0.25) is 4.90 Å². The number of benzene rings is 1. The van der Waals surface area contributed by atoms with Gasteiger partial charge in [0.05, 0.1) is 0 Å². The van der Waals surface area contributed by atoms with Crippen LogP contribution in [0.25, 0.3) is 0 Å². The molecule has 1 fully saturated rings. The maximum absolute atomic E-state index is 12.9. The quantitative estimate of drug-likeness (QED) is 0.901. The molecule has 1 aliphatic rings. The Bertz CT molecular complexity index is 384. The smallest absolute Gasteiger partial charge is 0.124 e. The normalized spacial score (nSPS) is 21.7. The van der Waals surface area contributed by atoms with Crippen molar-refractivity contribution in [3.63, 3.8) is 0 Å². The second kappa shape index (κ2) is 5.80. The van der Waals surface area contributed by atoms with Gasteiger partial charge in [-0.2, -0.15) is 0 Å². The molecule has 2 N–H and O–H groups in total. The summed E-state index contributed by atoms with van der Waals surface area (Å²) in [5.41, 5.74) is 6.70. The molecular weight excluding hydrogens is 239 g/mol. The van der Waals surface area contributed by atoms with Crippen molar-refractivity contribution in [2.45, 2.75) is 19.4 Å². The van der Waals surface area contributed by atoms with Gasteiger partial charge in [0.2, 0.25) is 0 Å². The van der Waals surface area contributed by atoms with E-state index in [1.807, 2.05) is 0 Å². The minimum absolute atomic E-state index is 0.280. The van der Waals surface area contributed by atoms with Crippen molar-refractivity contribution in [2.24, 2.45) is 11.7 Å². The van der Waals surface area contributed by atoms with Crippen LogP contribution in [0.5, 0.6) is 0 Å². The molecule has 1 heterocycles. The van der Waals surface area contributed by atoms with Crippen molar-refractivity contribution >= 4 is 11.6 Å². The molecule has 1 saturated heterocycles. The summed E-state index contributed by atoms with van der Waals surface area (Å²) < 4.78 is 12.9. The van der Waals surface area contributed by atoms with E-state index in [2.05, 4.69) is 4.90 Å². The molecule has 0 bridgehead atoms. The number of nitrogens with two attached hydrogens (primary N) is 1. The molecule has 0 radical (unpaired) electrons. The lowest BCUT2D eigenvalue weighted by Crippen LogP contribution is -2.37. The predicted octanol–water partition coefficient (Wildman–Crippen LogP) is 2.65. The van der Waals surface area contributed by atoms with E-state index in [0.29, 0.717) is 10.9 Å². The Labute approximate surface area is 107 Å². The van der Waals surface area contributed by atoms with Gasteiger partial charge >= 0.3 is 0 Å². The minimum atomic E-state index is -0.280. The van der Waals surface area contributed by atoms with Crippen LogP contribution in [0.1, 0.15) is 18.4 Å². The standard InChI is InChI=1S/C13H18ClFN2/c14-13-6-12(15)4-3-11(13)9-17-5-1-2-10(7-16)8-17/h3-4,6,10H,1-2,5,7-9,16H2/t10-/m1/s1. The highest BCUT2D eigenvalue weighted by atomic mass is 35.5. The second-order valence-corrected chi connectivity index (χ2v) is 5.12. The Balaban J connectivity index is 2.00. The van der Waals surface area contributed by atoms with Crippen LogP contribution in [0.15, 0.2) is 18.2 Å². The molecule has 0 amide bonds. The van der Waals surface area contributed by atoms with E-state index in [4.69, 9.17) is 17.3 Å². The summed E-state index contributed by atoms with van der Waals surface area (Å²) in [6, 6.07) is 4.61. The first kappa shape index (κ1) is 12.8. The molecule has 0 spiro atoms. The molecule has 17 heavy (non-hydrogen) atoms. The second-order valence-electron chi connectivity index (χ2n) is 4.71. The first-order valence-corrected chi connectivity index (χ1v) is 6.43. The minimum Gasteiger partial charge on any atom is -0.330 e. The number of piperidine rings is 1. The van der Waals surface area contributed by atoms with Crippen LogP contribution in [0, 0.1) is 11.7 Å². The van der Waals surface area contributed by atoms with E-state index in [9.17, 15) is 4.39 Å². The lowest BCUT2D eigenvalue weighted by molar-refractivity contribution is 0.171. The first-order valence-electron chi connectivity index (χ1n) is 6.05. The van der Waals surface area contributed by atoms with Gasteiger partial charge in [0.25, 0.3) is 0 Å². The largest absolute Gasteiger partial charge is 0.330 e. The van der Waals surface area contributed by atoms with Gasteiger partial charge in [-0.25, -0.2) is 4.39 Å². The van der Waals surface area contributed by atoms with Crippen LogP contribution >= 0.6 is 11.6 Å². The van der Waals surface area contributed by atoms with Gasteiger partial charge in [-0.15, -0.1) is 0 Å². The van der Waals surface area contributed by atoms with Crippen LogP contribution in [0.3, 0.4) is 0 Å². The molecule has 94 valence electrons. The molecule has 2 nitrogen and oxygen atoms in total. The molecule has 1 aliphatic heterocycles. The molecule has 0 aromatic heterocycles. The fourth-order valence-electron chi connectivity index (χ4n) is 2.38. The summed E-state index contributed by atoms with van der Waals surface area (Å²) >= 11 is 6.03. The lowest BCUT2D eigenvalue weighted by Gasteiger charge is -2.32. The zero-order valence-electron chi connectivity index (χ0n) is 9.83. The molecule has 0 unspecified atom stereocenters. The predicted molar refractivity (Wildman–Crippen MR) is 68.5 cm³/mol. The van der Waals surface area contributed by atoms with Gasteiger partial charge in [0, 0.05) is 18.1 Å². The third-order valence-corrected chi connectivity index (χ3v) is 3.70. The van der Waals surface area contributed by atoms with Gasteiger partial charge in [-0.05, 0) is 49.5 Å². The van der Waals surface area contributed by atoms with Crippen molar-refractivity contribution in [1.82, 2.24) is 4.90 Å². The Morgan fingerprint density at radius 2 is 2.29 bits per heavy atom. The van der Waals surface area contributed by atoms with Gasteiger partial charge < -0.3 is 5.73 Å². The number of hydrogen-bond donors (Lipinski definition) is 1. The zero-order valence-corrected chi connectivity index (χ0v) is 10.6. The molecule has 2 rings (SSSR count). The van der Waals surface area contributed by atoms with Crippen molar-refractivity contribution < 1.29 is 4.39 Å². The van der Waals surface area contributed by atoms with Crippen molar-refractivity contribution in [1.29, 1.82) is 0 Å². The van der Waals surface area contributed by atoms with Crippen molar-refractivity contribution in [3.05, 3.63) is 34.6 Å². The summed E-state index contributed by atoms with van der Waals surface area (Å²) in [5, 5.41) is 0.514. The van der Waals surface area contributed by atoms with Crippen molar-refractivity contribution in [2.75, 3.05) is 19.6 Å². The van der Waals surface area contributed by atoms with Crippen LogP contribution in [-0.4, -0.2) is 24.5 Å². The van der Waals surface area contributed by atoms with Crippen LogP contribution in [-0.2, 0) is 6.54 Å². The maximum atomic E-state index is 12.9. The van der Waals surface area contributed by atoms with E-state index in [-0.39, 0.29) is 5.82 Å². The monoisotopic (exact) mass is 256 g/mol. The summed E-state index contributed by atoms with van der Waals surface area (Å²) in [7, 11) is 0. The molecule has 1 aromatic rings. The van der Waals surface area contributed by atoms with E-state index in [0.717, 1.165) is 31.7 Å². The van der Waals surface area contributed by atoms with Crippen LogP contribution < -0.4 is 5.73 Å². The van der Waals surface area contributed by atoms with E-state index < -0.39 is 0 Å². The average Bonchev–Trinajstić information content (AvgIpc) is 2.33. The number of hydrogen-bond acceptors (Lipinski definition) is 2. The first-order chi connectivity index (χ1) is 8.19. The SMILES string of the molecule is NC[C@H]1CCCN(Cc2ccc(F)cc2Cl)C1. The van der Waals surface area contributed by atoms with Gasteiger partial charge in [-0.1, -0.05) is 17.7 Å². The number of rotatable bonds is 3. The zero-order chi connectivity index (χ0) is 12.3. The Kier molecular flexibility index (Phi) is 4.37. The highest BCUT2D eigenvalue weighted by molar-refractivity contribution is 6.31. The highest BCUT2D eigenvalue weighted by Crippen LogP contribution is 2.22. The number of nitrogens with zero attached hydrogens (tertiary/aromatic N) is 1. The van der Waals surface area contributed by atoms with Gasteiger partial charge in [0.15, 0.2) is 0 Å². The third kappa shape index (κ3) is 3.41. The third-order valence-electron chi connectivity index (χ3n) is 3.35. The maximum Gasteiger partial charge on any atom is 0.124 e. The summed E-state index contributed by atoms with van der Waals surface area (Å²) in [6.07, 6.45) is 2.39. The molecule has 0 saturated carbocycles. The van der Waals surface area contributed by atoms with E-state index in [1.54, 1.807) is 6.07 Å². The Hall–Kier alpha value is -0.640. The van der Waals surface area contributed by atoms with Crippen LogP contribution in [0.2, 0.25) is 5.02 Å². The van der Waals surface area contributed by atoms with E-state index in [1.165, 1.54) is 25.0 Å². The van der Waals surface area contributed by atoms with Crippen LogP contribution in [0.4, 0.5) is 4.39 Å². The number of halogens is 2. The molecule has 1 aromatic carbocycles. The van der Waals surface area contributed by atoms with Crippen molar-refractivity contribution in [3.8, 4) is 0 Å². The Morgan fingerprint density at radius 3 is 3.00 bits per heavy atom. The lowest BCUT2D eigenvalue weighted by atomic mass is 9.98. The topological polar surface area (TPSA) is 29.3 Å². The molecule has 1 atom stereocenters. The Morgan fingerprint density at radius 1 is 1.47 bits per heavy atom. The molecular formula is C13H18ClFN2. The van der Waals surface area contributed by atoms with Gasteiger partial charge in [0.1, 0.15) is 5.82 Å². The fourth-order valence-corrected chi connectivity index (χ4v) is 2.61. The fraction of sp³-hybridized carbons (Fsp3) is 0.538.